The number of hydrogen-bond donors (Lipinski definition) is 0. The molecule has 1 aromatic rings. The maximum absolute atomic E-state index is 11.7. The van der Waals surface area contributed by atoms with Gasteiger partial charge in [0.15, 0.2) is 5.82 Å². The Bertz CT molecular complexity index is 540. The molecular formula is C14H19ClN4O2. The number of ether oxygens (including phenoxy) is 1. The molecule has 1 atom stereocenters. The summed E-state index contributed by atoms with van der Waals surface area (Å²) in [5, 5.41) is 0.430. The van der Waals surface area contributed by atoms with E-state index < -0.39 is 0 Å². The first-order chi connectivity index (χ1) is 10.2. The highest BCUT2D eigenvalue weighted by Crippen LogP contribution is 2.26. The third-order valence-corrected chi connectivity index (χ3v) is 4.18. The Balaban J connectivity index is 1.74. The van der Waals surface area contributed by atoms with Crippen LogP contribution >= 0.6 is 11.6 Å². The number of nitrogens with zero attached hydrogens (tertiary/aromatic N) is 4. The first kappa shape index (κ1) is 14.5. The highest BCUT2D eigenvalue weighted by atomic mass is 35.5. The SMILES string of the molecule is CCOCc1nc(Cl)cc(N2CCN3C(=O)CCC3C2)n1. The van der Waals surface area contributed by atoms with E-state index in [0.717, 1.165) is 31.9 Å². The Morgan fingerprint density at radius 3 is 3.10 bits per heavy atom. The van der Waals surface area contributed by atoms with Gasteiger partial charge in [-0.2, -0.15) is 0 Å². The Labute approximate surface area is 129 Å². The minimum atomic E-state index is 0.275. The molecule has 0 bridgehead atoms. The summed E-state index contributed by atoms with van der Waals surface area (Å²) in [7, 11) is 0. The number of piperazine rings is 1. The van der Waals surface area contributed by atoms with Gasteiger partial charge < -0.3 is 14.5 Å². The number of carbonyl (C=O) groups excluding carboxylic acids is 1. The van der Waals surface area contributed by atoms with Crippen molar-refractivity contribution in [2.45, 2.75) is 32.4 Å². The van der Waals surface area contributed by atoms with E-state index in [1.54, 1.807) is 6.07 Å². The number of amides is 1. The average molecular weight is 311 g/mol. The molecule has 0 N–H and O–H groups in total. The van der Waals surface area contributed by atoms with Crippen LogP contribution in [-0.4, -0.2) is 53.1 Å². The van der Waals surface area contributed by atoms with Gasteiger partial charge in [-0.25, -0.2) is 9.97 Å². The van der Waals surface area contributed by atoms with Crippen LogP contribution in [-0.2, 0) is 16.1 Å². The standard InChI is InChI=1S/C14H19ClN4O2/c1-2-21-9-12-16-11(15)7-13(17-12)18-5-6-19-10(8-18)3-4-14(19)20/h7,10H,2-6,8-9H2,1H3. The number of carbonyl (C=O) groups is 1. The van der Waals surface area contributed by atoms with E-state index in [9.17, 15) is 4.79 Å². The van der Waals surface area contributed by atoms with Gasteiger partial charge >= 0.3 is 0 Å². The minimum Gasteiger partial charge on any atom is -0.374 e. The summed E-state index contributed by atoms with van der Waals surface area (Å²) in [6.45, 7) is 5.27. The number of rotatable bonds is 4. The molecule has 2 aliphatic heterocycles. The third kappa shape index (κ3) is 3.11. The van der Waals surface area contributed by atoms with E-state index in [4.69, 9.17) is 16.3 Å². The van der Waals surface area contributed by atoms with Gasteiger partial charge in [0, 0.05) is 44.8 Å². The molecule has 2 saturated heterocycles. The van der Waals surface area contributed by atoms with Crippen molar-refractivity contribution in [2.24, 2.45) is 0 Å². The molecule has 0 radical (unpaired) electrons. The molecule has 1 amide bonds. The summed E-state index contributed by atoms with van der Waals surface area (Å²) in [4.78, 5) is 24.6. The van der Waals surface area contributed by atoms with Crippen molar-refractivity contribution in [3.8, 4) is 0 Å². The smallest absolute Gasteiger partial charge is 0.223 e. The molecule has 7 heteroatoms. The molecule has 1 aromatic heterocycles. The lowest BCUT2D eigenvalue weighted by Gasteiger charge is -2.38. The Morgan fingerprint density at radius 1 is 1.43 bits per heavy atom. The molecule has 0 spiro atoms. The van der Waals surface area contributed by atoms with Crippen molar-refractivity contribution in [1.29, 1.82) is 0 Å². The molecule has 2 aliphatic rings. The minimum absolute atomic E-state index is 0.275. The van der Waals surface area contributed by atoms with Crippen LogP contribution in [0.25, 0.3) is 0 Å². The molecule has 2 fully saturated rings. The fraction of sp³-hybridized carbons (Fsp3) is 0.643. The van der Waals surface area contributed by atoms with Crippen molar-refractivity contribution in [3.63, 3.8) is 0 Å². The highest BCUT2D eigenvalue weighted by Gasteiger charge is 2.35. The first-order valence-electron chi connectivity index (χ1n) is 7.33. The number of anilines is 1. The third-order valence-electron chi connectivity index (χ3n) is 3.98. The van der Waals surface area contributed by atoms with Gasteiger partial charge in [-0.3, -0.25) is 4.79 Å². The Hall–Kier alpha value is -1.40. The van der Waals surface area contributed by atoms with Crippen molar-refractivity contribution < 1.29 is 9.53 Å². The number of fused-ring (bicyclic) bond motifs is 1. The van der Waals surface area contributed by atoms with Crippen LogP contribution in [0.15, 0.2) is 6.07 Å². The molecule has 0 aromatic carbocycles. The normalized spacial score (nSPS) is 21.8. The zero-order chi connectivity index (χ0) is 14.8. The zero-order valence-electron chi connectivity index (χ0n) is 12.1. The second-order valence-corrected chi connectivity index (χ2v) is 5.72. The summed E-state index contributed by atoms with van der Waals surface area (Å²) in [6, 6.07) is 2.08. The molecule has 0 saturated carbocycles. The molecule has 6 nitrogen and oxygen atoms in total. The predicted molar refractivity (Wildman–Crippen MR) is 79.3 cm³/mol. The van der Waals surface area contributed by atoms with Gasteiger partial charge in [0.1, 0.15) is 17.6 Å². The number of aromatic nitrogens is 2. The molecule has 21 heavy (non-hydrogen) atoms. The van der Waals surface area contributed by atoms with Crippen molar-refractivity contribution >= 4 is 23.3 Å². The summed E-state index contributed by atoms with van der Waals surface area (Å²) >= 11 is 6.08. The Kier molecular flexibility index (Phi) is 4.26. The van der Waals surface area contributed by atoms with Crippen LogP contribution in [0.1, 0.15) is 25.6 Å². The van der Waals surface area contributed by atoms with E-state index in [0.29, 0.717) is 36.7 Å². The van der Waals surface area contributed by atoms with E-state index in [1.807, 2.05) is 11.8 Å². The maximum Gasteiger partial charge on any atom is 0.223 e. The highest BCUT2D eigenvalue weighted by molar-refractivity contribution is 6.29. The van der Waals surface area contributed by atoms with Gasteiger partial charge in [-0.15, -0.1) is 0 Å². The molecule has 1 unspecified atom stereocenters. The summed E-state index contributed by atoms with van der Waals surface area (Å²) < 4.78 is 5.35. The second kappa shape index (κ2) is 6.15. The predicted octanol–water partition coefficient (Wildman–Crippen LogP) is 1.48. The quantitative estimate of drug-likeness (QED) is 0.788. The van der Waals surface area contributed by atoms with Crippen LogP contribution < -0.4 is 4.90 Å². The molecule has 0 aliphatic carbocycles. The number of halogens is 1. The second-order valence-electron chi connectivity index (χ2n) is 5.33. The molecule has 114 valence electrons. The fourth-order valence-corrected chi connectivity index (χ4v) is 3.14. The Morgan fingerprint density at radius 2 is 2.29 bits per heavy atom. The van der Waals surface area contributed by atoms with Gasteiger partial charge in [-0.05, 0) is 13.3 Å². The maximum atomic E-state index is 11.7. The molecule has 3 rings (SSSR count). The van der Waals surface area contributed by atoms with E-state index in [2.05, 4.69) is 14.9 Å². The lowest BCUT2D eigenvalue weighted by molar-refractivity contribution is -0.129. The van der Waals surface area contributed by atoms with E-state index in [1.165, 1.54) is 0 Å². The van der Waals surface area contributed by atoms with Crippen LogP contribution in [0.2, 0.25) is 5.15 Å². The first-order valence-corrected chi connectivity index (χ1v) is 7.71. The molecular weight excluding hydrogens is 292 g/mol. The lowest BCUT2D eigenvalue weighted by atomic mass is 10.1. The van der Waals surface area contributed by atoms with Crippen molar-refractivity contribution in [1.82, 2.24) is 14.9 Å². The van der Waals surface area contributed by atoms with Crippen molar-refractivity contribution in [3.05, 3.63) is 17.0 Å². The van der Waals surface area contributed by atoms with Crippen molar-refractivity contribution in [2.75, 3.05) is 31.1 Å². The average Bonchev–Trinajstić information content (AvgIpc) is 2.85. The summed E-state index contributed by atoms with van der Waals surface area (Å²) in [5.41, 5.74) is 0. The van der Waals surface area contributed by atoms with E-state index >= 15 is 0 Å². The topological polar surface area (TPSA) is 58.6 Å². The summed E-state index contributed by atoms with van der Waals surface area (Å²) in [6.07, 6.45) is 1.60. The van der Waals surface area contributed by atoms with Crippen LogP contribution in [0.5, 0.6) is 0 Å². The van der Waals surface area contributed by atoms with E-state index in [-0.39, 0.29) is 5.91 Å². The van der Waals surface area contributed by atoms with Gasteiger partial charge in [-0.1, -0.05) is 11.6 Å². The fourth-order valence-electron chi connectivity index (χ4n) is 2.94. The van der Waals surface area contributed by atoms with Gasteiger partial charge in [0.2, 0.25) is 5.91 Å². The van der Waals surface area contributed by atoms with Gasteiger partial charge in [0.25, 0.3) is 0 Å². The van der Waals surface area contributed by atoms with Crippen LogP contribution in [0.4, 0.5) is 5.82 Å². The summed E-state index contributed by atoms with van der Waals surface area (Å²) in [5.74, 6) is 1.70. The van der Waals surface area contributed by atoms with Crippen LogP contribution in [0.3, 0.4) is 0 Å². The molecule has 3 heterocycles. The van der Waals surface area contributed by atoms with Crippen LogP contribution in [0, 0.1) is 0 Å². The number of hydrogen-bond acceptors (Lipinski definition) is 5. The lowest BCUT2D eigenvalue weighted by Crippen LogP contribution is -2.51. The monoisotopic (exact) mass is 310 g/mol. The zero-order valence-corrected chi connectivity index (χ0v) is 12.8. The van der Waals surface area contributed by atoms with Gasteiger partial charge in [0.05, 0.1) is 0 Å². The largest absolute Gasteiger partial charge is 0.374 e.